The minimum absolute atomic E-state index is 0.242. The van der Waals surface area contributed by atoms with Gasteiger partial charge >= 0.3 is 0 Å². The topological polar surface area (TPSA) is 12.0 Å². The summed E-state index contributed by atoms with van der Waals surface area (Å²) >= 11 is 6.04. The number of hydrogen-bond acceptors (Lipinski definition) is 1. The fraction of sp³-hybridized carbons (Fsp3) is 0.200. The number of halogens is 4. The molecule has 2 rings (SSSR count). The molecule has 0 radical (unpaired) electrons. The first-order chi connectivity index (χ1) is 9.51. The third-order valence-corrected chi connectivity index (χ3v) is 3.47. The van der Waals surface area contributed by atoms with Crippen molar-refractivity contribution in [3.63, 3.8) is 0 Å². The van der Waals surface area contributed by atoms with E-state index >= 15 is 0 Å². The molecule has 2 aromatic carbocycles. The molecule has 0 heterocycles. The molecule has 1 unspecified atom stereocenters. The van der Waals surface area contributed by atoms with Gasteiger partial charge in [-0.1, -0.05) is 17.7 Å². The van der Waals surface area contributed by atoms with Gasteiger partial charge in [-0.15, -0.1) is 0 Å². The number of nitrogens with one attached hydrogen (secondary N) is 1. The van der Waals surface area contributed by atoms with Crippen LogP contribution in [0.3, 0.4) is 0 Å². The van der Waals surface area contributed by atoms with E-state index < -0.39 is 17.5 Å². The van der Waals surface area contributed by atoms with Gasteiger partial charge in [-0.25, -0.2) is 13.2 Å². The van der Waals surface area contributed by atoms with Crippen LogP contribution in [0.4, 0.5) is 13.2 Å². The highest BCUT2D eigenvalue weighted by molar-refractivity contribution is 6.31. The van der Waals surface area contributed by atoms with Gasteiger partial charge in [-0.05, 0) is 48.9 Å². The van der Waals surface area contributed by atoms with E-state index in [0.717, 1.165) is 6.07 Å². The van der Waals surface area contributed by atoms with Crippen molar-refractivity contribution in [3.05, 3.63) is 70.0 Å². The van der Waals surface area contributed by atoms with Gasteiger partial charge in [0.05, 0.1) is 0 Å². The largest absolute Gasteiger partial charge is 0.313 e. The summed E-state index contributed by atoms with van der Waals surface area (Å²) in [4.78, 5) is 0. The SMILES string of the molecule is CNC(Cc1ccc(F)cc1F)c1cc(F)ccc1Cl. The Morgan fingerprint density at radius 2 is 1.70 bits per heavy atom. The number of rotatable bonds is 4. The van der Waals surface area contributed by atoms with E-state index in [1.165, 1.54) is 30.3 Å². The standard InChI is InChI=1S/C15H13ClF3N/c1-20-15(12-7-10(17)4-5-13(12)16)6-9-2-3-11(18)8-14(9)19/h2-5,7-8,15,20H,6H2,1H3. The summed E-state index contributed by atoms with van der Waals surface area (Å²) in [6.07, 6.45) is 0.242. The first-order valence-corrected chi connectivity index (χ1v) is 6.45. The number of hydrogen-bond donors (Lipinski definition) is 1. The van der Waals surface area contributed by atoms with Crippen LogP contribution in [0.2, 0.25) is 5.02 Å². The van der Waals surface area contributed by atoms with Crippen molar-refractivity contribution in [1.29, 1.82) is 0 Å². The van der Waals surface area contributed by atoms with Gasteiger partial charge in [0, 0.05) is 17.1 Å². The highest BCUT2D eigenvalue weighted by atomic mass is 35.5. The number of likely N-dealkylation sites (N-methyl/N-ethyl adjacent to an activating group) is 1. The van der Waals surface area contributed by atoms with Crippen LogP contribution in [0.15, 0.2) is 36.4 Å². The molecule has 106 valence electrons. The zero-order valence-electron chi connectivity index (χ0n) is 10.8. The molecule has 0 aromatic heterocycles. The summed E-state index contributed by atoms with van der Waals surface area (Å²) in [7, 11) is 1.67. The Bertz CT molecular complexity index is 616. The van der Waals surface area contributed by atoms with Crippen LogP contribution in [-0.2, 0) is 6.42 Å². The Hall–Kier alpha value is -1.52. The predicted molar refractivity (Wildman–Crippen MR) is 73.3 cm³/mol. The van der Waals surface area contributed by atoms with Crippen molar-refractivity contribution >= 4 is 11.6 Å². The van der Waals surface area contributed by atoms with Crippen molar-refractivity contribution in [2.75, 3.05) is 7.05 Å². The molecule has 0 saturated carbocycles. The summed E-state index contributed by atoms with van der Waals surface area (Å²) in [5.74, 6) is -1.67. The molecule has 5 heteroatoms. The fourth-order valence-corrected chi connectivity index (χ4v) is 2.31. The highest BCUT2D eigenvalue weighted by Gasteiger charge is 2.16. The quantitative estimate of drug-likeness (QED) is 0.889. The maximum atomic E-state index is 13.7. The van der Waals surface area contributed by atoms with Crippen LogP contribution in [-0.4, -0.2) is 7.05 Å². The lowest BCUT2D eigenvalue weighted by Gasteiger charge is -2.18. The van der Waals surface area contributed by atoms with Gasteiger partial charge in [0.15, 0.2) is 0 Å². The van der Waals surface area contributed by atoms with Crippen molar-refractivity contribution in [2.24, 2.45) is 0 Å². The second-order valence-corrected chi connectivity index (χ2v) is 4.85. The maximum Gasteiger partial charge on any atom is 0.129 e. The van der Waals surface area contributed by atoms with Gasteiger partial charge in [-0.2, -0.15) is 0 Å². The first-order valence-electron chi connectivity index (χ1n) is 6.07. The Morgan fingerprint density at radius 3 is 2.35 bits per heavy atom. The van der Waals surface area contributed by atoms with Crippen molar-refractivity contribution < 1.29 is 13.2 Å². The van der Waals surface area contributed by atoms with Gasteiger partial charge in [0.1, 0.15) is 17.5 Å². The lowest BCUT2D eigenvalue weighted by molar-refractivity contribution is 0.538. The maximum absolute atomic E-state index is 13.7. The zero-order valence-corrected chi connectivity index (χ0v) is 11.5. The van der Waals surface area contributed by atoms with Gasteiger partial charge in [-0.3, -0.25) is 0 Å². The zero-order chi connectivity index (χ0) is 14.7. The smallest absolute Gasteiger partial charge is 0.129 e. The lowest BCUT2D eigenvalue weighted by atomic mass is 9.98. The highest BCUT2D eigenvalue weighted by Crippen LogP contribution is 2.27. The average Bonchev–Trinajstić information content (AvgIpc) is 2.41. The molecule has 1 nitrogen and oxygen atoms in total. The summed E-state index contributed by atoms with van der Waals surface area (Å²) in [6, 6.07) is 7.06. The van der Waals surface area contributed by atoms with Crippen LogP contribution in [0, 0.1) is 17.5 Å². The molecular formula is C15H13ClF3N. The summed E-state index contributed by atoms with van der Waals surface area (Å²) in [5.41, 5.74) is 0.879. The molecule has 0 fully saturated rings. The van der Waals surface area contributed by atoms with Gasteiger partial charge in [0.2, 0.25) is 0 Å². The third-order valence-electron chi connectivity index (χ3n) is 3.12. The Balaban J connectivity index is 2.31. The predicted octanol–water partition coefficient (Wildman–Crippen LogP) is 4.26. The second-order valence-electron chi connectivity index (χ2n) is 4.45. The fourth-order valence-electron chi connectivity index (χ4n) is 2.06. The van der Waals surface area contributed by atoms with Crippen LogP contribution >= 0.6 is 11.6 Å². The molecule has 0 spiro atoms. The van der Waals surface area contributed by atoms with E-state index in [1.807, 2.05) is 0 Å². The molecule has 0 aliphatic heterocycles. The molecule has 0 bridgehead atoms. The molecular weight excluding hydrogens is 287 g/mol. The molecule has 0 aliphatic rings. The van der Waals surface area contributed by atoms with E-state index in [0.29, 0.717) is 16.1 Å². The molecule has 1 N–H and O–H groups in total. The lowest BCUT2D eigenvalue weighted by Crippen LogP contribution is -2.20. The number of benzene rings is 2. The summed E-state index contributed by atoms with van der Waals surface area (Å²) in [5, 5.41) is 3.36. The van der Waals surface area contributed by atoms with Crippen LogP contribution in [0.1, 0.15) is 17.2 Å². The van der Waals surface area contributed by atoms with E-state index in [2.05, 4.69) is 5.32 Å². The van der Waals surface area contributed by atoms with Crippen LogP contribution < -0.4 is 5.32 Å². The molecule has 20 heavy (non-hydrogen) atoms. The molecule has 1 atom stereocenters. The second kappa shape index (κ2) is 6.29. The molecule has 2 aromatic rings. The van der Waals surface area contributed by atoms with Crippen LogP contribution in [0.25, 0.3) is 0 Å². The molecule has 0 amide bonds. The Kier molecular flexibility index (Phi) is 4.68. The van der Waals surface area contributed by atoms with Gasteiger partial charge in [0.25, 0.3) is 0 Å². The van der Waals surface area contributed by atoms with Crippen molar-refractivity contribution in [3.8, 4) is 0 Å². The minimum atomic E-state index is -0.629. The van der Waals surface area contributed by atoms with Crippen molar-refractivity contribution in [2.45, 2.75) is 12.5 Å². The van der Waals surface area contributed by atoms with E-state index in [-0.39, 0.29) is 12.5 Å². The first kappa shape index (κ1) is 14.9. The van der Waals surface area contributed by atoms with E-state index in [9.17, 15) is 13.2 Å². The van der Waals surface area contributed by atoms with Crippen LogP contribution in [0.5, 0.6) is 0 Å². The van der Waals surface area contributed by atoms with Crippen molar-refractivity contribution in [1.82, 2.24) is 5.32 Å². The molecule has 0 saturated heterocycles. The Labute approximate surface area is 120 Å². The normalized spacial score (nSPS) is 12.4. The van der Waals surface area contributed by atoms with Gasteiger partial charge < -0.3 is 5.32 Å². The minimum Gasteiger partial charge on any atom is -0.313 e. The summed E-state index contributed by atoms with van der Waals surface area (Å²) < 4.78 is 39.9. The third kappa shape index (κ3) is 3.32. The summed E-state index contributed by atoms with van der Waals surface area (Å²) in [6.45, 7) is 0. The monoisotopic (exact) mass is 299 g/mol. The van der Waals surface area contributed by atoms with E-state index in [4.69, 9.17) is 11.6 Å². The Morgan fingerprint density at radius 1 is 1.05 bits per heavy atom. The van der Waals surface area contributed by atoms with E-state index in [1.54, 1.807) is 7.05 Å². The average molecular weight is 300 g/mol. The molecule has 0 aliphatic carbocycles.